The molecule has 0 aliphatic carbocycles. The zero-order valence-electron chi connectivity index (χ0n) is 8.24. The molecule has 2 radical (unpaired) electrons. The molecule has 0 heterocycles. The molecule has 76 valence electrons. The van der Waals surface area contributed by atoms with E-state index in [9.17, 15) is 0 Å². The van der Waals surface area contributed by atoms with Gasteiger partial charge in [0.1, 0.15) is 7.85 Å². The van der Waals surface area contributed by atoms with Crippen LogP contribution in [0.15, 0.2) is 0 Å². The second kappa shape index (κ2) is 6.65. The van der Waals surface area contributed by atoms with Crippen molar-refractivity contribution in [1.29, 1.82) is 0 Å². The maximum absolute atomic E-state index is 9.09. The zero-order chi connectivity index (χ0) is 10.4. The number of alkyl halides is 1. The van der Waals surface area contributed by atoms with E-state index in [0.717, 1.165) is 0 Å². The highest BCUT2D eigenvalue weighted by Gasteiger charge is 2.20. The van der Waals surface area contributed by atoms with Gasteiger partial charge in [-0.3, -0.25) is 0 Å². The van der Waals surface area contributed by atoms with Crippen LogP contribution in [0.1, 0.15) is 13.8 Å². The second-order valence-electron chi connectivity index (χ2n) is 3.01. The van der Waals surface area contributed by atoms with Gasteiger partial charge in [-0.15, -0.1) is 11.6 Å². The molecule has 0 amide bonds. The van der Waals surface area contributed by atoms with Crippen molar-refractivity contribution in [3.63, 3.8) is 0 Å². The van der Waals surface area contributed by atoms with Gasteiger partial charge in [0.2, 0.25) is 0 Å². The lowest BCUT2D eigenvalue weighted by atomic mass is 9.95. The molecule has 0 aromatic carbocycles. The van der Waals surface area contributed by atoms with Gasteiger partial charge >= 0.3 is 0 Å². The first-order chi connectivity index (χ1) is 5.99. The Kier molecular flexibility index (Phi) is 6.77. The van der Waals surface area contributed by atoms with Crippen molar-refractivity contribution in [2.75, 3.05) is 13.7 Å². The van der Waals surface area contributed by atoms with Crippen LogP contribution in [0, 0.1) is 0 Å². The van der Waals surface area contributed by atoms with E-state index in [1.165, 1.54) is 0 Å². The van der Waals surface area contributed by atoms with Gasteiger partial charge in [-0.2, -0.15) is 0 Å². The predicted octanol–water partition coefficient (Wildman–Crippen LogP) is 0.521. The number of hydrogen-bond donors (Lipinski definition) is 1. The normalized spacial score (nSPS) is 20.7. The van der Waals surface area contributed by atoms with Crippen LogP contribution in [0.5, 0.6) is 0 Å². The van der Waals surface area contributed by atoms with Crippen molar-refractivity contribution in [1.82, 2.24) is 0 Å². The molecule has 0 saturated carbocycles. The Balaban J connectivity index is 3.94. The van der Waals surface area contributed by atoms with Crippen molar-refractivity contribution in [3.05, 3.63) is 0 Å². The molecule has 5 heteroatoms. The summed E-state index contributed by atoms with van der Waals surface area (Å²) in [4.78, 5) is 0. The molecule has 0 bridgehead atoms. The molecule has 1 N–H and O–H groups in total. The van der Waals surface area contributed by atoms with Gasteiger partial charge in [0.05, 0.1) is 24.2 Å². The van der Waals surface area contributed by atoms with Crippen LogP contribution >= 0.6 is 11.6 Å². The van der Waals surface area contributed by atoms with Crippen LogP contribution in [-0.4, -0.2) is 50.3 Å². The minimum Gasteiger partial charge on any atom is -0.392 e. The van der Waals surface area contributed by atoms with Gasteiger partial charge in [0, 0.05) is 13.1 Å². The van der Waals surface area contributed by atoms with Crippen molar-refractivity contribution >= 4 is 19.4 Å². The molecule has 4 atom stereocenters. The Morgan fingerprint density at radius 2 is 2.00 bits per heavy atom. The summed E-state index contributed by atoms with van der Waals surface area (Å²) in [5.74, 6) is 0. The molecule has 0 aromatic rings. The minimum absolute atomic E-state index is 0.204. The molecular formula is C8H16BClO3. The smallest absolute Gasteiger partial charge is 0.112 e. The van der Waals surface area contributed by atoms with E-state index in [0.29, 0.717) is 6.61 Å². The average molecular weight is 206 g/mol. The first kappa shape index (κ1) is 13.2. The maximum Gasteiger partial charge on any atom is 0.112 e. The summed E-state index contributed by atoms with van der Waals surface area (Å²) in [6, 6.07) is -0.721. The van der Waals surface area contributed by atoms with Gasteiger partial charge in [0.25, 0.3) is 0 Å². The summed E-state index contributed by atoms with van der Waals surface area (Å²) < 4.78 is 10.2. The first-order valence-corrected chi connectivity index (χ1v) is 4.64. The van der Waals surface area contributed by atoms with Gasteiger partial charge in [-0.05, 0) is 13.8 Å². The highest BCUT2D eigenvalue weighted by atomic mass is 35.5. The summed E-state index contributed by atoms with van der Waals surface area (Å²) in [5.41, 5.74) is 0. The van der Waals surface area contributed by atoms with Gasteiger partial charge < -0.3 is 14.6 Å². The Morgan fingerprint density at radius 3 is 2.31 bits per heavy atom. The number of aliphatic hydroxyl groups is 1. The summed E-state index contributed by atoms with van der Waals surface area (Å²) in [6.07, 6.45) is -1.01. The van der Waals surface area contributed by atoms with Crippen LogP contribution < -0.4 is 0 Å². The van der Waals surface area contributed by atoms with Crippen molar-refractivity contribution in [2.24, 2.45) is 0 Å². The van der Waals surface area contributed by atoms with E-state index >= 15 is 0 Å². The third-order valence-corrected chi connectivity index (χ3v) is 1.93. The summed E-state index contributed by atoms with van der Waals surface area (Å²) >= 11 is 5.83. The Morgan fingerprint density at radius 1 is 1.46 bits per heavy atom. The fraction of sp³-hybridized carbons (Fsp3) is 1.00. The lowest BCUT2D eigenvalue weighted by Crippen LogP contribution is -2.37. The van der Waals surface area contributed by atoms with Crippen LogP contribution in [0.2, 0.25) is 0 Å². The molecule has 0 spiro atoms. The number of aliphatic hydroxyl groups excluding tert-OH is 1. The fourth-order valence-corrected chi connectivity index (χ4v) is 0.892. The van der Waals surface area contributed by atoms with E-state index in [-0.39, 0.29) is 11.5 Å². The molecule has 1 unspecified atom stereocenters. The SMILES string of the molecule is [B]C(O[C@H](COC)[C@H](C)Cl)[C@@H](C)O. The van der Waals surface area contributed by atoms with Crippen LogP contribution in [0.25, 0.3) is 0 Å². The summed E-state index contributed by atoms with van der Waals surface area (Å²) in [6.45, 7) is 3.72. The third kappa shape index (κ3) is 5.52. The Hall–Kier alpha value is 0.235. The van der Waals surface area contributed by atoms with Crippen molar-refractivity contribution in [2.45, 2.75) is 37.4 Å². The molecule has 0 fully saturated rings. The number of rotatable bonds is 6. The van der Waals surface area contributed by atoms with E-state index in [1.54, 1.807) is 21.0 Å². The molecule has 0 aliphatic rings. The van der Waals surface area contributed by atoms with Gasteiger partial charge in [0.15, 0.2) is 0 Å². The number of methoxy groups -OCH3 is 1. The zero-order valence-corrected chi connectivity index (χ0v) is 8.99. The predicted molar refractivity (Wildman–Crippen MR) is 53.3 cm³/mol. The molecule has 0 aromatic heterocycles. The van der Waals surface area contributed by atoms with E-state index in [1.807, 2.05) is 0 Å². The van der Waals surface area contributed by atoms with E-state index in [4.69, 9.17) is 34.0 Å². The number of halogens is 1. The number of hydrogen-bond acceptors (Lipinski definition) is 3. The summed E-state index contributed by atoms with van der Waals surface area (Å²) in [5, 5.41) is 8.88. The van der Waals surface area contributed by atoms with Gasteiger partial charge in [-0.25, -0.2) is 0 Å². The second-order valence-corrected chi connectivity index (χ2v) is 3.70. The van der Waals surface area contributed by atoms with E-state index < -0.39 is 12.1 Å². The standard InChI is InChI=1S/C8H16BClO3/c1-5(10)7(4-12-3)13-8(9)6(2)11/h5-8,11H,4H2,1-3H3/t5-,6+,7+,8?/m0/s1. The highest BCUT2D eigenvalue weighted by molar-refractivity contribution is 6.20. The molecule has 13 heavy (non-hydrogen) atoms. The molecule has 0 saturated heterocycles. The third-order valence-electron chi connectivity index (χ3n) is 1.65. The lowest BCUT2D eigenvalue weighted by molar-refractivity contribution is -0.0556. The molecule has 3 nitrogen and oxygen atoms in total. The molecular weight excluding hydrogens is 190 g/mol. The van der Waals surface area contributed by atoms with Crippen LogP contribution in [0.3, 0.4) is 0 Å². The van der Waals surface area contributed by atoms with Crippen molar-refractivity contribution < 1.29 is 14.6 Å². The maximum atomic E-state index is 9.09. The quantitative estimate of drug-likeness (QED) is 0.509. The van der Waals surface area contributed by atoms with Gasteiger partial charge in [-0.1, -0.05) is 0 Å². The number of ether oxygens (including phenoxy) is 2. The van der Waals surface area contributed by atoms with E-state index in [2.05, 4.69) is 0 Å². The Labute approximate surface area is 85.8 Å². The monoisotopic (exact) mass is 206 g/mol. The van der Waals surface area contributed by atoms with Crippen molar-refractivity contribution in [3.8, 4) is 0 Å². The first-order valence-electron chi connectivity index (χ1n) is 4.21. The molecule has 0 aliphatic heterocycles. The summed E-state index contributed by atoms with van der Waals surface area (Å²) in [7, 11) is 7.06. The fourth-order valence-electron chi connectivity index (χ4n) is 0.760. The topological polar surface area (TPSA) is 38.7 Å². The minimum atomic E-state index is -0.721. The van der Waals surface area contributed by atoms with Crippen LogP contribution in [-0.2, 0) is 9.47 Å². The average Bonchev–Trinajstić information content (AvgIpc) is 2.03. The largest absolute Gasteiger partial charge is 0.392 e. The highest BCUT2D eigenvalue weighted by Crippen LogP contribution is 2.10. The van der Waals surface area contributed by atoms with Crippen LogP contribution in [0.4, 0.5) is 0 Å². The molecule has 0 rings (SSSR count). The Bertz CT molecular complexity index is 133. The lowest BCUT2D eigenvalue weighted by Gasteiger charge is -2.25.